The maximum atomic E-state index is 9.84. The molecule has 0 radical (unpaired) electrons. The fourth-order valence-corrected chi connectivity index (χ4v) is 2.80. The second-order valence-electron chi connectivity index (χ2n) is 4.22. The highest BCUT2D eigenvalue weighted by Crippen LogP contribution is 2.22. The molecule has 3 nitrogen and oxygen atoms in total. The number of nitrogens with zero attached hydrogens (tertiary/aromatic N) is 1. The van der Waals surface area contributed by atoms with Gasteiger partial charge in [0.1, 0.15) is 5.01 Å². The molecule has 0 amide bonds. The molecule has 0 aliphatic heterocycles. The van der Waals surface area contributed by atoms with Crippen molar-refractivity contribution in [3.05, 3.63) is 16.6 Å². The van der Waals surface area contributed by atoms with Gasteiger partial charge in [-0.05, 0) is 19.8 Å². The third-order valence-corrected chi connectivity index (χ3v) is 3.97. The smallest absolute Gasteiger partial charge is 0.109 e. The Morgan fingerprint density at radius 1 is 1.53 bits per heavy atom. The second kappa shape index (κ2) is 5.05. The van der Waals surface area contributed by atoms with Crippen LogP contribution in [0.4, 0.5) is 0 Å². The molecule has 2 rings (SSSR count). The lowest BCUT2D eigenvalue weighted by atomic mass is 9.92. The van der Waals surface area contributed by atoms with Crippen molar-refractivity contribution in [2.75, 3.05) is 0 Å². The van der Waals surface area contributed by atoms with Crippen LogP contribution < -0.4 is 5.32 Å². The molecule has 1 aliphatic rings. The van der Waals surface area contributed by atoms with Gasteiger partial charge < -0.3 is 10.4 Å². The van der Waals surface area contributed by atoms with Gasteiger partial charge in [-0.15, -0.1) is 11.3 Å². The normalized spacial score (nSPS) is 28.9. The fourth-order valence-electron chi connectivity index (χ4n) is 2.15. The number of aliphatic hydroxyl groups excluding tert-OH is 1. The molecule has 2 N–H and O–H groups in total. The van der Waals surface area contributed by atoms with E-state index in [0.717, 1.165) is 24.3 Å². The van der Waals surface area contributed by atoms with E-state index in [4.69, 9.17) is 0 Å². The zero-order valence-electron chi connectivity index (χ0n) is 9.02. The summed E-state index contributed by atoms with van der Waals surface area (Å²) in [5, 5.41) is 16.4. The first-order valence-electron chi connectivity index (χ1n) is 5.61. The molecule has 0 unspecified atom stereocenters. The Morgan fingerprint density at radius 2 is 2.33 bits per heavy atom. The average molecular weight is 226 g/mol. The van der Waals surface area contributed by atoms with Crippen molar-refractivity contribution in [1.82, 2.24) is 10.3 Å². The van der Waals surface area contributed by atoms with Crippen molar-refractivity contribution in [3.8, 4) is 0 Å². The lowest BCUT2D eigenvalue weighted by Crippen LogP contribution is -2.43. The van der Waals surface area contributed by atoms with Crippen LogP contribution in [-0.2, 0) is 0 Å². The summed E-state index contributed by atoms with van der Waals surface area (Å²) in [6.07, 6.45) is 6.04. The van der Waals surface area contributed by atoms with Gasteiger partial charge in [-0.2, -0.15) is 0 Å². The van der Waals surface area contributed by atoms with Crippen molar-refractivity contribution in [2.24, 2.45) is 0 Å². The quantitative estimate of drug-likeness (QED) is 0.829. The maximum absolute atomic E-state index is 9.84. The summed E-state index contributed by atoms with van der Waals surface area (Å²) in [6, 6.07) is 0.500. The highest BCUT2D eigenvalue weighted by molar-refractivity contribution is 7.09. The van der Waals surface area contributed by atoms with Gasteiger partial charge in [0.15, 0.2) is 0 Å². The van der Waals surface area contributed by atoms with E-state index in [2.05, 4.69) is 17.2 Å². The molecule has 0 bridgehead atoms. The van der Waals surface area contributed by atoms with Gasteiger partial charge in [-0.1, -0.05) is 12.8 Å². The first-order valence-corrected chi connectivity index (χ1v) is 6.49. The van der Waals surface area contributed by atoms with Crippen molar-refractivity contribution < 1.29 is 5.11 Å². The van der Waals surface area contributed by atoms with Crippen molar-refractivity contribution in [3.63, 3.8) is 0 Å². The van der Waals surface area contributed by atoms with E-state index in [-0.39, 0.29) is 18.2 Å². The van der Waals surface area contributed by atoms with E-state index < -0.39 is 0 Å². The van der Waals surface area contributed by atoms with E-state index in [1.807, 2.05) is 11.6 Å². The van der Waals surface area contributed by atoms with Gasteiger partial charge in [0.25, 0.3) is 0 Å². The van der Waals surface area contributed by atoms with Crippen molar-refractivity contribution >= 4 is 11.3 Å². The van der Waals surface area contributed by atoms with Crippen molar-refractivity contribution in [2.45, 2.75) is 50.8 Å². The molecule has 0 saturated heterocycles. The molecule has 0 spiro atoms. The molecule has 1 aromatic heterocycles. The molecule has 1 saturated carbocycles. The molecule has 15 heavy (non-hydrogen) atoms. The van der Waals surface area contributed by atoms with Crippen LogP contribution in [-0.4, -0.2) is 22.2 Å². The number of nitrogens with one attached hydrogen (secondary N) is 1. The van der Waals surface area contributed by atoms with Crippen LogP contribution in [0, 0.1) is 0 Å². The summed E-state index contributed by atoms with van der Waals surface area (Å²) < 4.78 is 0. The van der Waals surface area contributed by atoms with Crippen LogP contribution in [0.25, 0.3) is 0 Å². The summed E-state index contributed by atoms with van der Waals surface area (Å²) in [6.45, 7) is 2.11. The number of hydrogen-bond acceptors (Lipinski definition) is 4. The summed E-state index contributed by atoms with van der Waals surface area (Å²) in [5.41, 5.74) is 0. The minimum absolute atomic E-state index is 0.179. The largest absolute Gasteiger partial charge is 0.392 e. The van der Waals surface area contributed by atoms with E-state index >= 15 is 0 Å². The Hall–Kier alpha value is -0.450. The maximum Gasteiger partial charge on any atom is 0.109 e. The Kier molecular flexibility index (Phi) is 3.72. The monoisotopic (exact) mass is 226 g/mol. The minimum Gasteiger partial charge on any atom is -0.392 e. The molecule has 1 fully saturated rings. The van der Waals surface area contributed by atoms with Crippen LogP contribution in [0.3, 0.4) is 0 Å². The highest BCUT2D eigenvalue weighted by Gasteiger charge is 2.24. The van der Waals surface area contributed by atoms with Crippen LogP contribution >= 0.6 is 11.3 Å². The van der Waals surface area contributed by atoms with Gasteiger partial charge >= 0.3 is 0 Å². The Bertz CT molecular complexity index is 289. The zero-order chi connectivity index (χ0) is 10.7. The first-order chi connectivity index (χ1) is 7.27. The lowest BCUT2D eigenvalue weighted by Gasteiger charge is -2.30. The SMILES string of the molecule is C[C@H](N[C@@H]1CCCC[C@@H]1O)c1nccs1. The van der Waals surface area contributed by atoms with Gasteiger partial charge in [-0.25, -0.2) is 4.98 Å². The van der Waals surface area contributed by atoms with Gasteiger partial charge in [-0.3, -0.25) is 0 Å². The summed E-state index contributed by atoms with van der Waals surface area (Å²) in [7, 11) is 0. The summed E-state index contributed by atoms with van der Waals surface area (Å²) in [5.74, 6) is 0. The van der Waals surface area contributed by atoms with Gasteiger partial charge in [0, 0.05) is 17.6 Å². The summed E-state index contributed by atoms with van der Waals surface area (Å²) >= 11 is 1.67. The third kappa shape index (κ3) is 2.77. The third-order valence-electron chi connectivity index (χ3n) is 3.02. The molecular formula is C11H18N2OS. The Labute approximate surface area is 94.5 Å². The number of thiazole rings is 1. The van der Waals surface area contributed by atoms with Crippen LogP contribution in [0.5, 0.6) is 0 Å². The molecule has 0 aromatic carbocycles. The van der Waals surface area contributed by atoms with Gasteiger partial charge in [0.05, 0.1) is 12.1 Å². The second-order valence-corrected chi connectivity index (χ2v) is 5.14. The first kappa shape index (κ1) is 11.0. The highest BCUT2D eigenvalue weighted by atomic mass is 32.1. The molecule has 1 aliphatic carbocycles. The Morgan fingerprint density at radius 3 is 3.00 bits per heavy atom. The van der Waals surface area contributed by atoms with E-state index in [9.17, 15) is 5.11 Å². The number of aliphatic hydroxyl groups is 1. The molecule has 4 heteroatoms. The van der Waals surface area contributed by atoms with Crippen molar-refractivity contribution in [1.29, 1.82) is 0 Å². The number of rotatable bonds is 3. The molecule has 1 aromatic rings. The van der Waals surface area contributed by atoms with E-state index in [1.54, 1.807) is 11.3 Å². The zero-order valence-corrected chi connectivity index (χ0v) is 9.83. The molecule has 1 heterocycles. The van der Waals surface area contributed by atoms with E-state index in [1.165, 1.54) is 6.42 Å². The van der Waals surface area contributed by atoms with E-state index in [0.29, 0.717) is 0 Å². The number of hydrogen-bond donors (Lipinski definition) is 2. The predicted molar refractivity (Wildman–Crippen MR) is 61.9 cm³/mol. The predicted octanol–water partition coefficient (Wildman–Crippen LogP) is 2.10. The number of aromatic nitrogens is 1. The molecule has 84 valence electrons. The molecular weight excluding hydrogens is 208 g/mol. The Balaban J connectivity index is 1.90. The van der Waals surface area contributed by atoms with Gasteiger partial charge in [0.2, 0.25) is 0 Å². The topological polar surface area (TPSA) is 45.1 Å². The van der Waals surface area contributed by atoms with Crippen LogP contribution in [0.2, 0.25) is 0 Å². The molecule has 3 atom stereocenters. The minimum atomic E-state index is -0.179. The van der Waals surface area contributed by atoms with Crippen LogP contribution in [0.1, 0.15) is 43.7 Å². The average Bonchev–Trinajstić information content (AvgIpc) is 2.74. The summed E-state index contributed by atoms with van der Waals surface area (Å²) in [4.78, 5) is 4.28. The fraction of sp³-hybridized carbons (Fsp3) is 0.727. The standard InChI is InChI=1S/C11H18N2OS/c1-8(11-12-6-7-15-11)13-9-4-2-3-5-10(9)14/h6-10,13-14H,2-5H2,1H3/t8-,9+,10-/m0/s1. The lowest BCUT2D eigenvalue weighted by molar-refractivity contribution is 0.0859. The van der Waals surface area contributed by atoms with Crippen LogP contribution in [0.15, 0.2) is 11.6 Å².